The summed E-state index contributed by atoms with van der Waals surface area (Å²) < 4.78 is 8.31. The molecule has 6 fully saturated rings. The number of nitrogens with one attached hydrogen (secondary N) is 2. The summed E-state index contributed by atoms with van der Waals surface area (Å²) >= 11 is 0. The van der Waals surface area contributed by atoms with Crippen LogP contribution in [-0.4, -0.2) is 130 Å². The Balaban J connectivity index is 0.632. The topological polar surface area (TPSA) is 148 Å². The number of rotatable bonds is 10. The molecular weight excluding hydrogens is 785 g/mol. The van der Waals surface area contributed by atoms with Crippen LogP contribution in [0.25, 0.3) is 22.2 Å². The minimum absolute atomic E-state index is 0.103. The summed E-state index contributed by atoms with van der Waals surface area (Å²) in [6, 6.07) is 23.0. The number of nitrogens with zero attached hydrogens (tertiary/aromatic N) is 8. The number of likely N-dealkylation sites (tertiary alicyclic amines) is 2. The van der Waals surface area contributed by atoms with Gasteiger partial charge in [-0.05, 0) is 73.6 Å². The highest BCUT2D eigenvalue weighted by atomic mass is 16.5. The van der Waals surface area contributed by atoms with Crippen molar-refractivity contribution in [2.75, 3.05) is 74.6 Å². The first-order chi connectivity index (χ1) is 30.3. The third kappa shape index (κ3) is 6.23. The number of fused-ring (bicyclic) bond motifs is 3. The molecule has 0 radical (unpaired) electrons. The number of ether oxygens (including phenoxy) is 1. The number of amides is 4. The monoisotopic (exact) mass is 832 g/mol. The Morgan fingerprint density at radius 2 is 1.42 bits per heavy atom. The third-order valence-electron chi connectivity index (χ3n) is 14.5. The van der Waals surface area contributed by atoms with E-state index < -0.39 is 23.8 Å². The summed E-state index contributed by atoms with van der Waals surface area (Å²) in [4.78, 5) is 71.2. The van der Waals surface area contributed by atoms with E-state index in [1.807, 2.05) is 18.3 Å². The van der Waals surface area contributed by atoms with Gasteiger partial charge < -0.3 is 24.4 Å². The first kappa shape index (κ1) is 37.4. The van der Waals surface area contributed by atoms with Crippen LogP contribution in [0.5, 0.6) is 5.75 Å². The van der Waals surface area contributed by atoms with Crippen LogP contribution in [0.3, 0.4) is 0 Å². The molecule has 7 aliphatic rings. The average molecular weight is 833 g/mol. The van der Waals surface area contributed by atoms with Crippen LogP contribution >= 0.6 is 0 Å². The molecule has 2 aromatic heterocycles. The minimum atomic E-state index is -0.959. The number of benzene rings is 3. The molecule has 12 rings (SSSR count). The highest BCUT2D eigenvalue weighted by Crippen LogP contribution is 2.43. The second kappa shape index (κ2) is 14.4. The molecule has 1 aliphatic carbocycles. The number of carbonyl (C=O) groups is 4. The van der Waals surface area contributed by atoms with Gasteiger partial charge in [0.05, 0.1) is 29.6 Å². The molecule has 5 aromatic rings. The van der Waals surface area contributed by atoms with E-state index in [1.165, 1.54) is 29.4 Å². The summed E-state index contributed by atoms with van der Waals surface area (Å²) in [6.07, 6.45) is 6.76. The van der Waals surface area contributed by atoms with Gasteiger partial charge in [-0.15, -0.1) is 0 Å². The van der Waals surface area contributed by atoms with Crippen molar-refractivity contribution in [3.05, 3.63) is 90.3 Å². The first-order valence-electron chi connectivity index (χ1n) is 22.0. The van der Waals surface area contributed by atoms with Gasteiger partial charge in [-0.1, -0.05) is 18.2 Å². The fraction of sp³-hybridized carbons (Fsp3) is 0.404. The zero-order valence-corrected chi connectivity index (χ0v) is 34.6. The number of piperidine rings is 1. The van der Waals surface area contributed by atoms with E-state index in [4.69, 9.17) is 9.72 Å². The third-order valence-corrected chi connectivity index (χ3v) is 14.5. The zero-order valence-electron chi connectivity index (χ0n) is 34.6. The molecule has 8 heterocycles. The van der Waals surface area contributed by atoms with Gasteiger partial charge in [-0.2, -0.15) is 0 Å². The Hall–Kier alpha value is -6.32. The van der Waals surface area contributed by atoms with E-state index in [0.717, 1.165) is 85.6 Å². The summed E-state index contributed by atoms with van der Waals surface area (Å²) in [5.41, 5.74) is 6.82. The molecule has 3 atom stereocenters. The summed E-state index contributed by atoms with van der Waals surface area (Å²) in [6.45, 7) is 8.19. The molecular formula is C47H48N10O5. The molecule has 2 N–H and O–H groups in total. The second-order valence-electron chi connectivity index (χ2n) is 18.2. The van der Waals surface area contributed by atoms with E-state index in [2.05, 4.69) is 88.4 Å². The van der Waals surface area contributed by atoms with E-state index in [9.17, 15) is 19.2 Å². The molecule has 15 heteroatoms. The highest BCUT2D eigenvalue weighted by Gasteiger charge is 2.48. The highest BCUT2D eigenvalue weighted by molar-refractivity contribution is 6.23. The predicted octanol–water partition coefficient (Wildman–Crippen LogP) is 4.53. The standard InChI is InChI=1S/C47H48N10O5/c1-62-42-17-31(9-11-39(42)50-47-48-15-14-38(49-47)37-26-56(29-6-7-29)40-5-3-2-4-34(37)40)52-18-27-20-53(21-28(27)19-52)32-24-55(25-32)33-22-54(23-33)30-8-10-35-36(16-30)46(61)57(45(35)60)41-12-13-43(58)51-44(41)59/h2-5,8-11,14-17,26-29,32-33,41H,6-7,12-13,18-25H2,1H3,(H,48,49,50)(H,51,58,59). The van der Waals surface area contributed by atoms with Gasteiger partial charge >= 0.3 is 0 Å². The number of aromatic nitrogens is 3. The van der Waals surface area contributed by atoms with Gasteiger partial charge in [-0.3, -0.25) is 39.2 Å². The lowest BCUT2D eigenvalue weighted by molar-refractivity contribution is -0.136. The zero-order chi connectivity index (χ0) is 41.8. The lowest BCUT2D eigenvalue weighted by Crippen LogP contribution is -2.69. The van der Waals surface area contributed by atoms with Crippen LogP contribution in [0.15, 0.2) is 79.1 Å². The number of hydrogen-bond acceptors (Lipinski definition) is 12. The normalized spacial score (nSPS) is 24.4. The molecule has 6 aliphatic heterocycles. The van der Waals surface area contributed by atoms with Crippen LogP contribution in [0.4, 0.5) is 23.0 Å². The fourth-order valence-corrected chi connectivity index (χ4v) is 10.8. The fourth-order valence-electron chi connectivity index (χ4n) is 10.8. The first-order valence-corrected chi connectivity index (χ1v) is 22.0. The van der Waals surface area contributed by atoms with Crippen molar-refractivity contribution in [3.63, 3.8) is 0 Å². The number of carbonyl (C=O) groups excluding carboxylic acids is 4. The molecule has 3 unspecified atom stereocenters. The Morgan fingerprint density at radius 1 is 0.710 bits per heavy atom. The van der Waals surface area contributed by atoms with Crippen molar-refractivity contribution in [1.82, 2.24) is 34.6 Å². The van der Waals surface area contributed by atoms with Gasteiger partial charge in [0.2, 0.25) is 17.8 Å². The molecule has 0 bridgehead atoms. The average Bonchev–Trinajstić information content (AvgIpc) is 3.61. The predicted molar refractivity (Wildman–Crippen MR) is 233 cm³/mol. The van der Waals surface area contributed by atoms with Gasteiger partial charge in [0.25, 0.3) is 11.8 Å². The SMILES string of the molecule is COc1cc(N2CC3CN(C4CN(C5CN(c6ccc7c(c6)C(=O)N(C6CCC(=O)NC6=O)C7=O)C5)C4)CC3C2)ccc1Nc1nccc(-c2cn(C3CC3)c3ccccc23)n1. The van der Waals surface area contributed by atoms with Crippen molar-refractivity contribution < 1.29 is 23.9 Å². The lowest BCUT2D eigenvalue weighted by atomic mass is 9.97. The van der Waals surface area contributed by atoms with Crippen LogP contribution in [0.2, 0.25) is 0 Å². The molecule has 3 aromatic carbocycles. The number of anilines is 4. The molecule has 62 heavy (non-hydrogen) atoms. The molecule has 15 nitrogen and oxygen atoms in total. The van der Waals surface area contributed by atoms with Crippen molar-refractivity contribution in [1.29, 1.82) is 0 Å². The lowest BCUT2D eigenvalue weighted by Gasteiger charge is -2.54. The van der Waals surface area contributed by atoms with Gasteiger partial charge in [0.15, 0.2) is 0 Å². The van der Waals surface area contributed by atoms with E-state index in [1.54, 1.807) is 19.2 Å². The smallest absolute Gasteiger partial charge is 0.262 e. The van der Waals surface area contributed by atoms with Gasteiger partial charge in [0, 0.05) is 123 Å². The Labute approximate surface area is 358 Å². The van der Waals surface area contributed by atoms with Crippen LogP contribution in [0.1, 0.15) is 52.4 Å². The summed E-state index contributed by atoms with van der Waals surface area (Å²) in [7, 11) is 1.71. The maximum atomic E-state index is 13.3. The minimum Gasteiger partial charge on any atom is -0.494 e. The molecule has 0 spiro atoms. The largest absolute Gasteiger partial charge is 0.494 e. The number of imide groups is 2. The summed E-state index contributed by atoms with van der Waals surface area (Å²) in [5.74, 6) is 0.652. The summed E-state index contributed by atoms with van der Waals surface area (Å²) in [5, 5.41) is 6.90. The molecule has 316 valence electrons. The van der Waals surface area contributed by atoms with Crippen molar-refractivity contribution in [2.24, 2.45) is 11.8 Å². The van der Waals surface area contributed by atoms with Crippen molar-refractivity contribution >= 4 is 57.5 Å². The maximum Gasteiger partial charge on any atom is 0.262 e. The Kier molecular flexibility index (Phi) is 8.68. The van der Waals surface area contributed by atoms with Crippen molar-refractivity contribution in [3.8, 4) is 17.0 Å². The molecule has 5 saturated heterocycles. The number of methoxy groups -OCH3 is 1. The Bertz CT molecular complexity index is 2670. The van der Waals surface area contributed by atoms with E-state index in [0.29, 0.717) is 47.0 Å². The van der Waals surface area contributed by atoms with E-state index in [-0.39, 0.29) is 18.7 Å². The van der Waals surface area contributed by atoms with Crippen LogP contribution in [-0.2, 0) is 9.59 Å². The second-order valence-corrected chi connectivity index (χ2v) is 18.2. The number of para-hydroxylation sites is 1. The molecule has 4 amide bonds. The van der Waals surface area contributed by atoms with Gasteiger partial charge in [-0.25, -0.2) is 9.97 Å². The molecule has 1 saturated carbocycles. The maximum absolute atomic E-state index is 13.3. The number of hydrogen-bond donors (Lipinski definition) is 2. The van der Waals surface area contributed by atoms with Crippen molar-refractivity contribution in [2.45, 2.75) is 49.9 Å². The van der Waals surface area contributed by atoms with Crippen LogP contribution in [0, 0.1) is 11.8 Å². The van der Waals surface area contributed by atoms with E-state index >= 15 is 0 Å². The Morgan fingerprint density at radius 3 is 2.19 bits per heavy atom. The van der Waals surface area contributed by atoms with Gasteiger partial charge in [0.1, 0.15) is 11.8 Å². The van der Waals surface area contributed by atoms with Crippen LogP contribution < -0.4 is 25.2 Å². The quantitative estimate of drug-likeness (QED) is 0.191.